The van der Waals surface area contributed by atoms with Gasteiger partial charge < -0.3 is 5.32 Å². The summed E-state index contributed by atoms with van der Waals surface area (Å²) in [6.07, 6.45) is 1.06. The Morgan fingerprint density at radius 1 is 1.50 bits per heavy atom. The normalized spacial score (nSPS) is 28.3. The molecule has 0 aliphatic carbocycles. The van der Waals surface area contributed by atoms with Crippen LogP contribution < -0.4 is 5.32 Å². The molecule has 14 heavy (non-hydrogen) atoms. The molecule has 1 fully saturated rings. The fraction of sp³-hybridized carbons (Fsp3) is 0.917. The first-order valence-electron chi connectivity index (χ1n) is 5.68. The topological polar surface area (TPSA) is 29.1 Å². The van der Waals surface area contributed by atoms with Gasteiger partial charge in [-0.1, -0.05) is 41.0 Å². The molecule has 0 radical (unpaired) electrons. The van der Waals surface area contributed by atoms with Gasteiger partial charge in [-0.3, -0.25) is 4.79 Å². The summed E-state index contributed by atoms with van der Waals surface area (Å²) in [6, 6.07) is 0. The minimum Gasteiger partial charge on any atom is -0.356 e. The Bertz CT molecular complexity index is 220. The van der Waals surface area contributed by atoms with Crippen molar-refractivity contribution in [3.63, 3.8) is 0 Å². The number of nitrogens with one attached hydrogen (secondary N) is 1. The molecule has 1 N–H and O–H groups in total. The third-order valence-corrected chi connectivity index (χ3v) is 3.83. The van der Waals surface area contributed by atoms with Crippen LogP contribution in [0.4, 0.5) is 0 Å². The Morgan fingerprint density at radius 3 is 2.50 bits per heavy atom. The zero-order chi connectivity index (χ0) is 10.9. The lowest BCUT2D eigenvalue weighted by atomic mass is 9.68. The van der Waals surface area contributed by atoms with E-state index >= 15 is 0 Å². The van der Waals surface area contributed by atoms with Gasteiger partial charge in [0, 0.05) is 12.5 Å². The highest BCUT2D eigenvalue weighted by molar-refractivity contribution is 5.82. The minimum absolute atomic E-state index is 0.134. The first-order valence-corrected chi connectivity index (χ1v) is 5.68. The Kier molecular flexibility index (Phi) is 3.23. The van der Waals surface area contributed by atoms with Crippen molar-refractivity contribution < 1.29 is 4.79 Å². The van der Waals surface area contributed by atoms with E-state index in [2.05, 4.69) is 39.9 Å². The monoisotopic (exact) mass is 197 g/mol. The molecule has 1 rings (SSSR count). The molecule has 1 heterocycles. The smallest absolute Gasteiger partial charge is 0.224 e. The number of hydrogen-bond acceptors (Lipinski definition) is 1. The quantitative estimate of drug-likeness (QED) is 0.739. The lowest BCUT2D eigenvalue weighted by molar-refractivity contribution is -0.127. The second-order valence-electron chi connectivity index (χ2n) is 5.47. The summed E-state index contributed by atoms with van der Waals surface area (Å²) in [7, 11) is 0. The van der Waals surface area contributed by atoms with Crippen molar-refractivity contribution in [2.24, 2.45) is 23.2 Å². The molecule has 0 unspecified atom stereocenters. The van der Waals surface area contributed by atoms with Crippen LogP contribution in [0.2, 0.25) is 0 Å². The van der Waals surface area contributed by atoms with E-state index in [0.29, 0.717) is 11.8 Å². The Labute approximate surface area is 87.5 Å². The third-order valence-electron chi connectivity index (χ3n) is 3.83. The molecule has 0 spiro atoms. The average molecular weight is 197 g/mol. The third kappa shape index (κ3) is 1.94. The summed E-state index contributed by atoms with van der Waals surface area (Å²) < 4.78 is 0. The van der Waals surface area contributed by atoms with Crippen molar-refractivity contribution in [2.45, 2.75) is 41.0 Å². The standard InChI is InChI=1S/C12H23NO/c1-6-12(4,5)10-9(8(2)3)7-13-11(10)14/h8-10H,6-7H2,1-5H3,(H,13,14)/t9-,10+/m0/s1. The molecule has 1 saturated heterocycles. The summed E-state index contributed by atoms with van der Waals surface area (Å²) in [6.45, 7) is 11.9. The zero-order valence-corrected chi connectivity index (χ0v) is 10.1. The van der Waals surface area contributed by atoms with E-state index in [4.69, 9.17) is 0 Å². The van der Waals surface area contributed by atoms with E-state index in [0.717, 1.165) is 13.0 Å². The van der Waals surface area contributed by atoms with Gasteiger partial charge in [0.05, 0.1) is 0 Å². The summed E-state index contributed by atoms with van der Waals surface area (Å²) in [5, 5.41) is 3.00. The van der Waals surface area contributed by atoms with E-state index in [1.54, 1.807) is 0 Å². The van der Waals surface area contributed by atoms with Gasteiger partial charge in [0.15, 0.2) is 0 Å². The highest BCUT2D eigenvalue weighted by Gasteiger charge is 2.44. The number of carbonyl (C=O) groups is 1. The summed E-state index contributed by atoms with van der Waals surface area (Å²) in [5.74, 6) is 1.56. The number of carbonyl (C=O) groups excluding carboxylic acids is 1. The van der Waals surface area contributed by atoms with Gasteiger partial charge in [0.25, 0.3) is 0 Å². The van der Waals surface area contributed by atoms with E-state index in [-0.39, 0.29) is 17.2 Å². The van der Waals surface area contributed by atoms with Gasteiger partial charge in [-0.2, -0.15) is 0 Å². The number of amides is 1. The van der Waals surface area contributed by atoms with Gasteiger partial charge in [-0.25, -0.2) is 0 Å². The van der Waals surface area contributed by atoms with Crippen molar-refractivity contribution in [2.75, 3.05) is 6.54 Å². The van der Waals surface area contributed by atoms with Crippen molar-refractivity contribution in [3.05, 3.63) is 0 Å². The van der Waals surface area contributed by atoms with Crippen LogP contribution in [0.5, 0.6) is 0 Å². The van der Waals surface area contributed by atoms with Gasteiger partial charge in [0.2, 0.25) is 5.91 Å². The predicted molar refractivity (Wildman–Crippen MR) is 58.9 cm³/mol. The van der Waals surface area contributed by atoms with Crippen molar-refractivity contribution in [3.8, 4) is 0 Å². The van der Waals surface area contributed by atoms with Gasteiger partial charge >= 0.3 is 0 Å². The summed E-state index contributed by atoms with van der Waals surface area (Å²) in [5.41, 5.74) is 0.134. The first-order chi connectivity index (χ1) is 6.40. The summed E-state index contributed by atoms with van der Waals surface area (Å²) >= 11 is 0. The molecule has 0 saturated carbocycles. The SMILES string of the molecule is CCC(C)(C)[C@H]1C(=O)NC[C@H]1C(C)C. The molecule has 2 atom stereocenters. The second-order valence-corrected chi connectivity index (χ2v) is 5.47. The molecule has 1 amide bonds. The lowest BCUT2D eigenvalue weighted by Gasteiger charge is -2.34. The molecule has 2 nitrogen and oxygen atoms in total. The maximum absolute atomic E-state index is 11.8. The molecule has 0 bridgehead atoms. The van der Waals surface area contributed by atoms with Crippen LogP contribution in [-0.2, 0) is 4.79 Å². The molecular formula is C12H23NO. The van der Waals surface area contributed by atoms with Gasteiger partial charge in [-0.15, -0.1) is 0 Å². The summed E-state index contributed by atoms with van der Waals surface area (Å²) in [4.78, 5) is 11.8. The van der Waals surface area contributed by atoms with Crippen LogP contribution >= 0.6 is 0 Å². The van der Waals surface area contributed by atoms with Crippen molar-refractivity contribution in [1.82, 2.24) is 5.32 Å². The van der Waals surface area contributed by atoms with E-state index in [9.17, 15) is 4.79 Å². The molecule has 1 aliphatic rings. The van der Waals surface area contributed by atoms with Gasteiger partial charge in [0.1, 0.15) is 0 Å². The second kappa shape index (κ2) is 3.92. The molecule has 1 aliphatic heterocycles. The molecule has 0 aromatic rings. The largest absolute Gasteiger partial charge is 0.356 e. The molecule has 0 aromatic heterocycles. The Hall–Kier alpha value is -0.530. The van der Waals surface area contributed by atoms with Crippen LogP contribution in [0.1, 0.15) is 41.0 Å². The average Bonchev–Trinajstić information content (AvgIpc) is 2.47. The first kappa shape index (κ1) is 11.5. The highest BCUT2D eigenvalue weighted by Crippen LogP contribution is 2.41. The molecular weight excluding hydrogens is 174 g/mol. The zero-order valence-electron chi connectivity index (χ0n) is 10.1. The maximum atomic E-state index is 11.8. The molecule has 82 valence electrons. The number of hydrogen-bond donors (Lipinski definition) is 1. The van der Waals surface area contributed by atoms with Crippen LogP contribution in [0.15, 0.2) is 0 Å². The van der Waals surface area contributed by atoms with Crippen LogP contribution in [0, 0.1) is 23.2 Å². The number of rotatable bonds is 3. The van der Waals surface area contributed by atoms with Crippen molar-refractivity contribution >= 4 is 5.91 Å². The Morgan fingerprint density at radius 2 is 2.07 bits per heavy atom. The fourth-order valence-corrected chi connectivity index (χ4v) is 2.42. The predicted octanol–water partition coefficient (Wildman–Crippen LogP) is 2.44. The Balaban J connectivity index is 2.87. The van der Waals surface area contributed by atoms with Crippen LogP contribution in [0.25, 0.3) is 0 Å². The molecule has 2 heteroatoms. The van der Waals surface area contributed by atoms with E-state index in [1.165, 1.54) is 0 Å². The van der Waals surface area contributed by atoms with Crippen LogP contribution in [0.3, 0.4) is 0 Å². The van der Waals surface area contributed by atoms with E-state index in [1.807, 2.05) is 0 Å². The maximum Gasteiger partial charge on any atom is 0.224 e. The fourth-order valence-electron chi connectivity index (χ4n) is 2.42. The van der Waals surface area contributed by atoms with Gasteiger partial charge in [-0.05, 0) is 17.3 Å². The minimum atomic E-state index is 0.134. The van der Waals surface area contributed by atoms with Crippen molar-refractivity contribution in [1.29, 1.82) is 0 Å². The van der Waals surface area contributed by atoms with Crippen LogP contribution in [-0.4, -0.2) is 12.5 Å². The molecule has 0 aromatic carbocycles. The van der Waals surface area contributed by atoms with E-state index < -0.39 is 0 Å². The highest BCUT2D eigenvalue weighted by atomic mass is 16.2. The lowest BCUT2D eigenvalue weighted by Crippen LogP contribution is -2.35.